The largest absolute Gasteiger partial charge is 0.302 e. The monoisotopic (exact) mass is 420 g/mol. The number of hydrogen-bond donors (Lipinski definition) is 0. The lowest BCUT2D eigenvalue weighted by Gasteiger charge is -2.21. The number of benzene rings is 3. The van der Waals surface area contributed by atoms with E-state index >= 15 is 0 Å². The third kappa shape index (κ3) is 3.01. The van der Waals surface area contributed by atoms with Crippen LogP contribution < -0.4 is 0 Å². The quantitative estimate of drug-likeness (QED) is 0.276. The first-order valence-corrected chi connectivity index (χ1v) is 11.7. The molecule has 0 radical (unpaired) electrons. The van der Waals surface area contributed by atoms with Gasteiger partial charge in [0.2, 0.25) is 0 Å². The number of rotatable bonds is 4. The second-order valence-corrected chi connectivity index (χ2v) is 9.61. The maximum atomic E-state index is 2.53. The zero-order valence-electron chi connectivity index (χ0n) is 20.0. The van der Waals surface area contributed by atoms with Gasteiger partial charge in [0.25, 0.3) is 0 Å². The third-order valence-electron chi connectivity index (χ3n) is 6.75. The normalized spacial score (nSPS) is 12.0. The molecule has 2 heteroatoms. The summed E-state index contributed by atoms with van der Waals surface area (Å²) in [5.74, 6) is 2.11. The van der Waals surface area contributed by atoms with Gasteiger partial charge in [0.1, 0.15) is 5.82 Å². The maximum absolute atomic E-state index is 2.53. The van der Waals surface area contributed by atoms with Crippen molar-refractivity contribution in [3.05, 3.63) is 95.2 Å². The molecule has 162 valence electrons. The van der Waals surface area contributed by atoms with Crippen LogP contribution >= 0.6 is 0 Å². The number of aromatic nitrogens is 2. The first kappa shape index (κ1) is 20.6. The van der Waals surface area contributed by atoms with Gasteiger partial charge in [-0.15, -0.1) is 0 Å². The molecule has 2 heterocycles. The summed E-state index contributed by atoms with van der Waals surface area (Å²) in [5.41, 5.74) is 9.23. The maximum Gasteiger partial charge on any atom is 0.125 e. The Morgan fingerprint density at radius 2 is 1.25 bits per heavy atom. The molecule has 3 aromatic carbocycles. The Hall–Kier alpha value is -3.26. The second kappa shape index (κ2) is 7.70. The fourth-order valence-electron chi connectivity index (χ4n) is 5.22. The summed E-state index contributed by atoms with van der Waals surface area (Å²) in [6.45, 7) is 13.6. The lowest BCUT2D eigenvalue weighted by molar-refractivity contribution is 0.832. The van der Waals surface area contributed by atoms with Gasteiger partial charge in [0.15, 0.2) is 0 Å². The van der Waals surface area contributed by atoms with Gasteiger partial charge in [-0.3, -0.25) is 4.57 Å². The Labute approximate surface area is 191 Å². The van der Waals surface area contributed by atoms with E-state index in [9.17, 15) is 0 Å². The Morgan fingerprint density at radius 3 is 1.94 bits per heavy atom. The molecule has 0 atom stereocenters. The van der Waals surface area contributed by atoms with E-state index in [0.29, 0.717) is 11.8 Å². The number of hydrogen-bond acceptors (Lipinski definition) is 0. The van der Waals surface area contributed by atoms with Crippen LogP contribution in [0.1, 0.15) is 61.8 Å². The van der Waals surface area contributed by atoms with Gasteiger partial charge in [0, 0.05) is 17.0 Å². The molecule has 0 saturated carbocycles. The number of aryl methyl sites for hydroxylation is 2. The van der Waals surface area contributed by atoms with E-state index in [-0.39, 0.29) is 0 Å². The molecule has 0 aliphatic carbocycles. The summed E-state index contributed by atoms with van der Waals surface area (Å²) in [4.78, 5) is 0. The van der Waals surface area contributed by atoms with Crippen LogP contribution in [0.15, 0.2) is 72.9 Å². The molecule has 0 fully saturated rings. The van der Waals surface area contributed by atoms with Gasteiger partial charge in [-0.05, 0) is 60.1 Å². The fraction of sp³-hybridized carbons (Fsp3) is 0.267. The van der Waals surface area contributed by atoms with E-state index in [1.165, 1.54) is 55.6 Å². The van der Waals surface area contributed by atoms with Crippen molar-refractivity contribution in [2.45, 2.75) is 53.4 Å². The SMILES string of the molecule is Cc1cccc(C)c1-n1ccc(C(C)C)c1-n1c2ccccc2c2cccc(C(C)C)c21. The van der Waals surface area contributed by atoms with Crippen molar-refractivity contribution in [2.24, 2.45) is 0 Å². The van der Waals surface area contributed by atoms with E-state index < -0.39 is 0 Å². The van der Waals surface area contributed by atoms with Crippen molar-refractivity contribution < 1.29 is 0 Å². The van der Waals surface area contributed by atoms with E-state index in [4.69, 9.17) is 0 Å². The minimum absolute atomic E-state index is 0.415. The molecule has 0 saturated heterocycles. The molecule has 0 N–H and O–H groups in total. The summed E-state index contributed by atoms with van der Waals surface area (Å²) in [6.07, 6.45) is 2.26. The fourth-order valence-corrected chi connectivity index (χ4v) is 5.22. The number of fused-ring (bicyclic) bond motifs is 3. The van der Waals surface area contributed by atoms with E-state index in [0.717, 1.165) is 0 Å². The molecular weight excluding hydrogens is 388 g/mol. The molecule has 5 aromatic rings. The predicted molar refractivity (Wildman–Crippen MR) is 138 cm³/mol. The van der Waals surface area contributed by atoms with Crippen LogP contribution in [0, 0.1) is 13.8 Å². The van der Waals surface area contributed by atoms with Gasteiger partial charge < -0.3 is 4.57 Å². The highest BCUT2D eigenvalue weighted by atomic mass is 15.2. The smallest absolute Gasteiger partial charge is 0.125 e. The van der Waals surface area contributed by atoms with Crippen molar-refractivity contribution >= 4 is 21.8 Å². The van der Waals surface area contributed by atoms with Crippen LogP contribution in [0.25, 0.3) is 33.3 Å². The zero-order chi connectivity index (χ0) is 22.6. The molecule has 2 aromatic heterocycles. The lowest BCUT2D eigenvalue weighted by atomic mass is 9.99. The Balaban J connectivity index is 2.01. The molecule has 0 unspecified atom stereocenters. The highest BCUT2D eigenvalue weighted by Crippen LogP contribution is 2.40. The summed E-state index contributed by atoms with van der Waals surface area (Å²) >= 11 is 0. The highest BCUT2D eigenvalue weighted by Gasteiger charge is 2.23. The standard InChI is InChI=1S/C30H32N2/c1-19(2)23-14-10-15-26-25-13-7-8-16-27(25)32(29(23)26)30-24(20(3)4)17-18-31(30)28-21(5)11-9-12-22(28)6/h7-20H,1-6H3. The molecule has 0 aliphatic heterocycles. The molecule has 32 heavy (non-hydrogen) atoms. The molecule has 0 amide bonds. The van der Waals surface area contributed by atoms with Crippen LogP contribution in [0.3, 0.4) is 0 Å². The van der Waals surface area contributed by atoms with E-state index in [2.05, 4.69) is 124 Å². The van der Waals surface area contributed by atoms with Crippen molar-refractivity contribution in [3.63, 3.8) is 0 Å². The highest BCUT2D eigenvalue weighted by molar-refractivity contribution is 6.10. The minimum Gasteiger partial charge on any atom is -0.302 e. The number of nitrogens with zero attached hydrogens (tertiary/aromatic N) is 2. The molecule has 0 aliphatic rings. The van der Waals surface area contributed by atoms with Crippen LogP contribution in [0.2, 0.25) is 0 Å². The van der Waals surface area contributed by atoms with Gasteiger partial charge >= 0.3 is 0 Å². The third-order valence-corrected chi connectivity index (χ3v) is 6.75. The summed E-state index contributed by atoms with van der Waals surface area (Å²) in [5, 5.41) is 2.64. The van der Waals surface area contributed by atoms with Crippen LogP contribution in [0.5, 0.6) is 0 Å². The van der Waals surface area contributed by atoms with Gasteiger partial charge in [-0.2, -0.15) is 0 Å². The Bertz CT molecular complexity index is 1420. The van der Waals surface area contributed by atoms with E-state index in [1.807, 2.05) is 0 Å². The average molecular weight is 421 g/mol. The average Bonchev–Trinajstić information content (AvgIpc) is 3.32. The molecular formula is C30H32N2. The second-order valence-electron chi connectivity index (χ2n) is 9.61. The Kier molecular flexibility index (Phi) is 4.97. The van der Waals surface area contributed by atoms with E-state index in [1.54, 1.807) is 0 Å². The molecule has 0 bridgehead atoms. The van der Waals surface area contributed by atoms with Gasteiger partial charge in [-0.1, -0.05) is 82.3 Å². The van der Waals surface area contributed by atoms with Gasteiger partial charge in [-0.25, -0.2) is 0 Å². The van der Waals surface area contributed by atoms with Gasteiger partial charge in [0.05, 0.1) is 16.7 Å². The van der Waals surface area contributed by atoms with Crippen LogP contribution in [-0.4, -0.2) is 9.13 Å². The Morgan fingerprint density at radius 1 is 0.625 bits per heavy atom. The minimum atomic E-state index is 0.415. The topological polar surface area (TPSA) is 9.86 Å². The molecule has 2 nitrogen and oxygen atoms in total. The summed E-state index contributed by atoms with van der Waals surface area (Å²) in [6, 6.07) is 24.5. The van der Waals surface area contributed by atoms with Crippen LogP contribution in [0.4, 0.5) is 0 Å². The van der Waals surface area contributed by atoms with Crippen molar-refractivity contribution in [1.29, 1.82) is 0 Å². The zero-order valence-corrected chi connectivity index (χ0v) is 20.0. The summed E-state index contributed by atoms with van der Waals surface area (Å²) < 4.78 is 4.95. The first-order chi connectivity index (χ1) is 15.4. The van der Waals surface area contributed by atoms with Crippen molar-refractivity contribution in [1.82, 2.24) is 9.13 Å². The summed E-state index contributed by atoms with van der Waals surface area (Å²) in [7, 11) is 0. The lowest BCUT2D eigenvalue weighted by Crippen LogP contribution is -2.10. The van der Waals surface area contributed by atoms with Crippen LogP contribution in [-0.2, 0) is 0 Å². The van der Waals surface area contributed by atoms with Crippen molar-refractivity contribution in [2.75, 3.05) is 0 Å². The number of para-hydroxylation sites is 3. The first-order valence-electron chi connectivity index (χ1n) is 11.7. The predicted octanol–water partition coefficient (Wildman–Crippen LogP) is 8.44. The molecule has 5 rings (SSSR count). The van der Waals surface area contributed by atoms with Crippen molar-refractivity contribution in [3.8, 4) is 11.5 Å². The molecule has 0 spiro atoms.